The molecule has 3 heterocycles. The van der Waals surface area contributed by atoms with Crippen molar-refractivity contribution in [3.63, 3.8) is 0 Å². The van der Waals surface area contributed by atoms with Crippen LogP contribution in [0.15, 0.2) is 48.8 Å². The molecule has 0 N–H and O–H groups in total. The summed E-state index contributed by atoms with van der Waals surface area (Å²) in [5.74, 6) is 1.23. The molecule has 4 aromatic rings. The molecule has 1 saturated carbocycles. The molecule has 1 fully saturated rings. The van der Waals surface area contributed by atoms with Gasteiger partial charge in [-0.15, -0.1) is 0 Å². The highest BCUT2D eigenvalue weighted by Crippen LogP contribution is 2.37. The molecule has 36 heavy (non-hydrogen) atoms. The Morgan fingerprint density at radius 2 is 1.94 bits per heavy atom. The van der Waals surface area contributed by atoms with Gasteiger partial charge >= 0.3 is 6.61 Å². The first-order chi connectivity index (χ1) is 17.5. The summed E-state index contributed by atoms with van der Waals surface area (Å²) in [5, 5.41) is 9.54. The minimum Gasteiger partial charge on any atom is -0.486 e. The molecule has 10 heteroatoms. The minimum absolute atomic E-state index is 0.0187. The van der Waals surface area contributed by atoms with Crippen LogP contribution in [-0.4, -0.2) is 32.2 Å². The molecule has 0 spiro atoms. The van der Waals surface area contributed by atoms with Crippen molar-refractivity contribution in [2.75, 3.05) is 0 Å². The van der Waals surface area contributed by atoms with Gasteiger partial charge in [-0.1, -0.05) is 23.7 Å². The number of nitriles is 1. The van der Waals surface area contributed by atoms with Gasteiger partial charge in [-0.3, -0.25) is 4.57 Å². The zero-order valence-corrected chi connectivity index (χ0v) is 19.7. The van der Waals surface area contributed by atoms with Crippen LogP contribution in [0.25, 0.3) is 29.1 Å². The first-order valence-electron chi connectivity index (χ1n) is 11.3. The van der Waals surface area contributed by atoms with Crippen LogP contribution < -0.4 is 9.47 Å². The van der Waals surface area contributed by atoms with Crippen LogP contribution in [0, 0.1) is 11.3 Å². The first kappa shape index (κ1) is 23.7. The lowest BCUT2D eigenvalue weighted by Crippen LogP contribution is -2.13. The molecule has 3 aromatic heterocycles. The Balaban J connectivity index is 1.59. The zero-order valence-electron chi connectivity index (χ0n) is 18.9. The number of aromatic nitrogens is 4. The van der Waals surface area contributed by atoms with E-state index in [4.69, 9.17) is 26.3 Å². The van der Waals surface area contributed by atoms with Crippen LogP contribution in [0.2, 0.25) is 5.02 Å². The van der Waals surface area contributed by atoms with E-state index in [0.29, 0.717) is 39.0 Å². The highest BCUT2D eigenvalue weighted by atomic mass is 35.5. The summed E-state index contributed by atoms with van der Waals surface area (Å²) in [4.78, 5) is 13.4. The second kappa shape index (κ2) is 10.3. The lowest BCUT2D eigenvalue weighted by Gasteiger charge is -2.18. The third-order valence-electron chi connectivity index (χ3n) is 5.82. The van der Waals surface area contributed by atoms with Gasteiger partial charge < -0.3 is 9.47 Å². The number of nitrogens with zero attached hydrogens (tertiary/aromatic N) is 5. The Kier molecular flexibility index (Phi) is 6.78. The van der Waals surface area contributed by atoms with Crippen LogP contribution in [0.3, 0.4) is 0 Å². The molecule has 0 amide bonds. The molecular formula is C26H20ClF2N5O2. The maximum Gasteiger partial charge on any atom is 0.387 e. The van der Waals surface area contributed by atoms with E-state index >= 15 is 0 Å². The number of hydrogen-bond donors (Lipinski definition) is 0. The van der Waals surface area contributed by atoms with E-state index in [9.17, 15) is 8.78 Å². The lowest BCUT2D eigenvalue weighted by atomic mass is 10.1. The standard InChI is InChI=1S/C26H20ClF2N5O2/c27-18-12-20-25(32-15-18)34(22-10-8-16(13-30)14-31-22)23(33-20)11-9-17-4-3-7-21(36-26(28)29)24(17)35-19-5-1-2-6-19/h3-4,7-12,14-15,19,26H,1-2,5-6H2/b11-9+. The molecule has 1 aliphatic carbocycles. The largest absolute Gasteiger partial charge is 0.486 e. The minimum atomic E-state index is -2.97. The summed E-state index contributed by atoms with van der Waals surface area (Å²) < 4.78 is 38.8. The number of alkyl halides is 2. The van der Waals surface area contributed by atoms with Gasteiger partial charge in [-0.2, -0.15) is 14.0 Å². The number of ether oxygens (including phenoxy) is 2. The van der Waals surface area contributed by atoms with Crippen molar-refractivity contribution in [2.45, 2.75) is 38.4 Å². The van der Waals surface area contributed by atoms with E-state index < -0.39 is 6.61 Å². The quantitative estimate of drug-likeness (QED) is 0.286. The molecule has 1 aliphatic rings. The number of rotatable bonds is 7. The number of imidazole rings is 1. The average molecular weight is 508 g/mol. The van der Waals surface area contributed by atoms with E-state index in [2.05, 4.69) is 15.0 Å². The van der Waals surface area contributed by atoms with Crippen LogP contribution in [0.5, 0.6) is 11.5 Å². The van der Waals surface area contributed by atoms with E-state index in [1.54, 1.807) is 47.1 Å². The van der Waals surface area contributed by atoms with Crippen molar-refractivity contribution >= 4 is 34.9 Å². The third kappa shape index (κ3) is 4.99. The summed E-state index contributed by atoms with van der Waals surface area (Å²) in [6.07, 6.45) is 10.1. The maximum atomic E-state index is 13.1. The molecule has 0 radical (unpaired) electrons. The monoisotopic (exact) mass is 507 g/mol. The summed E-state index contributed by atoms with van der Waals surface area (Å²) in [5.41, 5.74) is 2.05. The van der Waals surface area contributed by atoms with Crippen molar-refractivity contribution in [1.82, 2.24) is 19.5 Å². The van der Waals surface area contributed by atoms with Crippen molar-refractivity contribution < 1.29 is 18.3 Å². The van der Waals surface area contributed by atoms with E-state index in [1.165, 1.54) is 18.5 Å². The fourth-order valence-electron chi connectivity index (χ4n) is 4.20. The van der Waals surface area contributed by atoms with E-state index in [1.807, 2.05) is 6.07 Å². The summed E-state index contributed by atoms with van der Waals surface area (Å²) >= 11 is 6.13. The van der Waals surface area contributed by atoms with Gasteiger partial charge in [0, 0.05) is 18.0 Å². The smallest absolute Gasteiger partial charge is 0.387 e. The Morgan fingerprint density at radius 1 is 1.11 bits per heavy atom. The highest BCUT2D eigenvalue weighted by Gasteiger charge is 2.22. The second-order valence-electron chi connectivity index (χ2n) is 8.23. The fraction of sp³-hybridized carbons (Fsp3) is 0.231. The molecule has 1 aromatic carbocycles. The fourth-order valence-corrected chi connectivity index (χ4v) is 4.35. The summed E-state index contributed by atoms with van der Waals surface area (Å²) in [6, 6.07) is 11.9. The molecule has 0 unspecified atom stereocenters. The SMILES string of the molecule is N#Cc1ccc(-n2c(/C=C/c3cccc(OC(F)F)c3OC3CCCC3)nc3cc(Cl)cnc32)nc1. The molecule has 0 aliphatic heterocycles. The van der Waals surface area contributed by atoms with Crippen LogP contribution in [-0.2, 0) is 0 Å². The van der Waals surface area contributed by atoms with Crippen LogP contribution in [0.4, 0.5) is 8.78 Å². The van der Waals surface area contributed by atoms with Crippen molar-refractivity contribution in [3.8, 4) is 23.4 Å². The molecular weight excluding hydrogens is 488 g/mol. The van der Waals surface area contributed by atoms with E-state index in [0.717, 1.165) is 25.7 Å². The maximum absolute atomic E-state index is 13.1. The third-order valence-corrected chi connectivity index (χ3v) is 6.03. The van der Waals surface area contributed by atoms with Gasteiger partial charge in [-0.25, -0.2) is 15.0 Å². The molecule has 0 bridgehead atoms. The first-order valence-corrected chi connectivity index (χ1v) is 11.7. The van der Waals surface area contributed by atoms with E-state index in [-0.39, 0.29) is 17.6 Å². The number of hydrogen-bond acceptors (Lipinski definition) is 6. The molecule has 0 atom stereocenters. The number of fused-ring (bicyclic) bond motifs is 1. The van der Waals surface area contributed by atoms with Gasteiger partial charge in [0.25, 0.3) is 0 Å². The Morgan fingerprint density at radius 3 is 2.67 bits per heavy atom. The Hall–Kier alpha value is -4.03. The zero-order chi connectivity index (χ0) is 25.1. The van der Waals surface area contributed by atoms with Crippen molar-refractivity contribution in [3.05, 3.63) is 70.8 Å². The topological polar surface area (TPSA) is 85.9 Å². The number of benzene rings is 1. The molecule has 0 saturated heterocycles. The highest BCUT2D eigenvalue weighted by molar-refractivity contribution is 6.31. The lowest BCUT2D eigenvalue weighted by molar-refractivity contribution is -0.0520. The predicted octanol–water partition coefficient (Wildman–Crippen LogP) is 6.43. The molecule has 5 rings (SSSR count). The van der Waals surface area contributed by atoms with Crippen LogP contribution in [0.1, 0.15) is 42.6 Å². The van der Waals surface area contributed by atoms with Crippen LogP contribution >= 0.6 is 11.6 Å². The number of pyridine rings is 2. The molecule has 182 valence electrons. The van der Waals surface area contributed by atoms with Crippen molar-refractivity contribution in [2.24, 2.45) is 0 Å². The Labute approximate surface area is 210 Å². The number of halogens is 3. The average Bonchev–Trinajstić information content (AvgIpc) is 3.51. The summed E-state index contributed by atoms with van der Waals surface area (Å²) in [6.45, 7) is -2.97. The second-order valence-corrected chi connectivity index (χ2v) is 8.67. The van der Waals surface area contributed by atoms with Crippen molar-refractivity contribution in [1.29, 1.82) is 5.26 Å². The predicted molar refractivity (Wildman–Crippen MR) is 131 cm³/mol. The van der Waals surface area contributed by atoms with Gasteiger partial charge in [-0.05, 0) is 62.1 Å². The normalized spacial score (nSPS) is 14.1. The van der Waals surface area contributed by atoms with Gasteiger partial charge in [0.05, 0.1) is 16.7 Å². The van der Waals surface area contributed by atoms with Gasteiger partial charge in [0.15, 0.2) is 17.1 Å². The molecule has 7 nitrogen and oxygen atoms in total. The van der Waals surface area contributed by atoms with Gasteiger partial charge in [0.1, 0.15) is 23.2 Å². The number of para-hydroxylation sites is 1. The van der Waals surface area contributed by atoms with Gasteiger partial charge in [0.2, 0.25) is 0 Å². The summed E-state index contributed by atoms with van der Waals surface area (Å²) in [7, 11) is 0. The Bertz CT molecular complexity index is 1460.